The molecule has 0 N–H and O–H groups in total. The second-order valence-corrected chi connectivity index (χ2v) is 10.1. The van der Waals surface area contributed by atoms with Crippen molar-refractivity contribution in [2.24, 2.45) is 0 Å². The minimum atomic E-state index is -0.505. The lowest BCUT2D eigenvalue weighted by molar-refractivity contribution is -0.264. The van der Waals surface area contributed by atoms with E-state index in [1.165, 1.54) is 11.1 Å². The van der Waals surface area contributed by atoms with Crippen molar-refractivity contribution in [3.05, 3.63) is 46.6 Å². The first-order valence-electron chi connectivity index (χ1n) is 12.3. The molecule has 4 heterocycles. The van der Waals surface area contributed by atoms with E-state index in [2.05, 4.69) is 45.2 Å². The fourth-order valence-corrected chi connectivity index (χ4v) is 4.73. The molecule has 0 atom stereocenters. The third-order valence-corrected chi connectivity index (χ3v) is 6.71. The molecular weight excluding hydrogens is 458 g/mol. The highest BCUT2D eigenvalue weighted by Crippen LogP contribution is 2.33. The lowest BCUT2D eigenvalue weighted by Gasteiger charge is -2.42. The van der Waals surface area contributed by atoms with Gasteiger partial charge in [-0.3, -0.25) is 4.90 Å². The number of pyridine rings is 1. The van der Waals surface area contributed by atoms with E-state index < -0.39 is 5.79 Å². The van der Waals surface area contributed by atoms with Crippen LogP contribution >= 0.6 is 0 Å². The van der Waals surface area contributed by atoms with Crippen LogP contribution in [-0.2, 0) is 22.4 Å². The van der Waals surface area contributed by atoms with Gasteiger partial charge in [0.2, 0.25) is 11.7 Å². The number of ether oxygens (including phenoxy) is 3. The molecule has 0 unspecified atom stereocenters. The second-order valence-electron chi connectivity index (χ2n) is 10.1. The Labute approximate surface area is 211 Å². The molecule has 188 valence electrons. The summed E-state index contributed by atoms with van der Waals surface area (Å²) in [5, 5.41) is 13.7. The monoisotopic (exact) mass is 489 g/mol. The van der Waals surface area contributed by atoms with Crippen LogP contribution in [-0.4, -0.2) is 57.7 Å². The largest absolute Gasteiger partial charge is 0.474 e. The first kappa shape index (κ1) is 24.4. The summed E-state index contributed by atoms with van der Waals surface area (Å²) in [6.07, 6.45) is 2.44. The van der Waals surface area contributed by atoms with E-state index >= 15 is 0 Å². The zero-order valence-electron chi connectivity index (χ0n) is 21.4. The number of rotatable bonds is 5. The topological polar surface area (TPSA) is 107 Å². The molecule has 0 amide bonds. The summed E-state index contributed by atoms with van der Waals surface area (Å²) >= 11 is 0. The first-order chi connectivity index (χ1) is 17.2. The standard InChI is InChI=1S/C27H31N5O4/c1-16(2)35-25-19(11-28)10-20(12-29-25)26-30-24(31-36-26)23-7-6-18-13-32(9-8-22(18)17(23)3)21-14-33-27(4,5)34-15-21/h6-7,10,12,16,21H,8-9,13-15H2,1-5H3. The number of benzene rings is 1. The third-order valence-electron chi connectivity index (χ3n) is 6.71. The summed E-state index contributed by atoms with van der Waals surface area (Å²) in [4.78, 5) is 11.3. The molecule has 5 rings (SSSR count). The summed E-state index contributed by atoms with van der Waals surface area (Å²) in [5.74, 6) is 0.624. The number of hydrogen-bond acceptors (Lipinski definition) is 9. The van der Waals surface area contributed by atoms with Crippen LogP contribution < -0.4 is 4.74 Å². The van der Waals surface area contributed by atoms with Gasteiger partial charge in [0.05, 0.1) is 30.9 Å². The zero-order chi connectivity index (χ0) is 25.4. The first-order valence-corrected chi connectivity index (χ1v) is 12.3. The summed E-state index contributed by atoms with van der Waals surface area (Å²) in [5.41, 5.74) is 5.64. The molecule has 0 aliphatic carbocycles. The molecular formula is C27H31N5O4. The minimum absolute atomic E-state index is 0.0824. The van der Waals surface area contributed by atoms with Crippen molar-refractivity contribution in [3.63, 3.8) is 0 Å². The van der Waals surface area contributed by atoms with E-state index in [9.17, 15) is 5.26 Å². The molecule has 1 aromatic carbocycles. The molecule has 36 heavy (non-hydrogen) atoms. The van der Waals surface area contributed by atoms with Crippen molar-refractivity contribution in [2.75, 3.05) is 19.8 Å². The van der Waals surface area contributed by atoms with Gasteiger partial charge in [0.25, 0.3) is 5.89 Å². The maximum Gasteiger partial charge on any atom is 0.259 e. The molecule has 0 radical (unpaired) electrons. The van der Waals surface area contributed by atoms with Gasteiger partial charge in [-0.1, -0.05) is 17.3 Å². The summed E-state index contributed by atoms with van der Waals surface area (Å²) < 4.78 is 22.9. The van der Waals surface area contributed by atoms with Crippen LogP contribution in [0.3, 0.4) is 0 Å². The summed E-state index contributed by atoms with van der Waals surface area (Å²) in [7, 11) is 0. The van der Waals surface area contributed by atoms with E-state index in [1.807, 2.05) is 27.7 Å². The van der Waals surface area contributed by atoms with Gasteiger partial charge in [-0.25, -0.2) is 4.98 Å². The van der Waals surface area contributed by atoms with Crippen molar-refractivity contribution in [1.82, 2.24) is 20.0 Å². The molecule has 9 heteroatoms. The van der Waals surface area contributed by atoms with Crippen LogP contribution in [0.25, 0.3) is 22.8 Å². The smallest absolute Gasteiger partial charge is 0.259 e. The Morgan fingerprint density at radius 1 is 1.22 bits per heavy atom. The predicted molar refractivity (Wildman–Crippen MR) is 132 cm³/mol. The molecule has 0 saturated carbocycles. The quantitative estimate of drug-likeness (QED) is 0.519. The molecule has 2 aliphatic heterocycles. The van der Waals surface area contributed by atoms with E-state index in [4.69, 9.17) is 18.7 Å². The molecule has 0 spiro atoms. The van der Waals surface area contributed by atoms with E-state index in [-0.39, 0.29) is 12.1 Å². The van der Waals surface area contributed by atoms with Crippen molar-refractivity contribution < 1.29 is 18.7 Å². The normalized spacial score (nSPS) is 18.1. The number of hydrogen-bond donors (Lipinski definition) is 0. The highest BCUT2D eigenvalue weighted by molar-refractivity contribution is 5.66. The van der Waals surface area contributed by atoms with Crippen molar-refractivity contribution in [2.45, 2.75) is 65.5 Å². The van der Waals surface area contributed by atoms with Gasteiger partial charge >= 0.3 is 0 Å². The van der Waals surface area contributed by atoms with Gasteiger partial charge in [-0.15, -0.1) is 0 Å². The Bertz CT molecular complexity index is 1300. The highest BCUT2D eigenvalue weighted by Gasteiger charge is 2.33. The van der Waals surface area contributed by atoms with Crippen LogP contribution in [0.4, 0.5) is 0 Å². The Morgan fingerprint density at radius 3 is 2.72 bits per heavy atom. The van der Waals surface area contributed by atoms with Gasteiger partial charge in [0.1, 0.15) is 11.6 Å². The lowest BCUT2D eigenvalue weighted by atomic mass is 9.91. The van der Waals surface area contributed by atoms with Crippen LogP contribution in [0.15, 0.2) is 28.9 Å². The number of aromatic nitrogens is 3. The molecule has 2 aliphatic rings. The molecule has 1 saturated heterocycles. The maximum absolute atomic E-state index is 9.51. The van der Waals surface area contributed by atoms with Crippen molar-refractivity contribution in [1.29, 1.82) is 5.26 Å². The van der Waals surface area contributed by atoms with E-state index in [0.29, 0.717) is 41.9 Å². The molecule has 3 aromatic rings. The highest BCUT2D eigenvalue weighted by atomic mass is 16.7. The average molecular weight is 490 g/mol. The van der Waals surface area contributed by atoms with Crippen molar-refractivity contribution in [3.8, 4) is 34.8 Å². The molecule has 1 fully saturated rings. The maximum atomic E-state index is 9.51. The summed E-state index contributed by atoms with van der Waals surface area (Å²) in [6.45, 7) is 13.0. The van der Waals surface area contributed by atoms with Crippen LogP contribution in [0, 0.1) is 18.3 Å². The van der Waals surface area contributed by atoms with Crippen LogP contribution in [0.1, 0.15) is 49.9 Å². The lowest BCUT2D eigenvalue weighted by Crippen LogP contribution is -2.51. The minimum Gasteiger partial charge on any atom is -0.474 e. The molecule has 0 bridgehead atoms. The molecule has 9 nitrogen and oxygen atoms in total. The Morgan fingerprint density at radius 2 is 2.00 bits per heavy atom. The summed E-state index contributed by atoms with van der Waals surface area (Å²) in [6, 6.07) is 8.26. The van der Waals surface area contributed by atoms with Gasteiger partial charge in [-0.05, 0) is 63.8 Å². The van der Waals surface area contributed by atoms with Gasteiger partial charge < -0.3 is 18.7 Å². The van der Waals surface area contributed by atoms with Gasteiger partial charge in [0.15, 0.2) is 5.79 Å². The SMILES string of the molecule is Cc1c(-c2noc(-c3cnc(OC(C)C)c(C#N)c3)n2)ccc2c1CCN(C1COC(C)(C)OC1)C2. The Balaban J connectivity index is 1.35. The van der Waals surface area contributed by atoms with Gasteiger partial charge in [0, 0.05) is 24.8 Å². The predicted octanol–water partition coefficient (Wildman–Crippen LogP) is 4.28. The van der Waals surface area contributed by atoms with Gasteiger partial charge in [-0.2, -0.15) is 10.2 Å². The fourth-order valence-electron chi connectivity index (χ4n) is 4.73. The number of fused-ring (bicyclic) bond motifs is 1. The Kier molecular flexibility index (Phi) is 6.51. The third kappa shape index (κ3) is 4.85. The Hall–Kier alpha value is -3.32. The second kappa shape index (κ2) is 9.62. The fraction of sp³-hybridized carbons (Fsp3) is 0.481. The van der Waals surface area contributed by atoms with Crippen LogP contribution in [0.2, 0.25) is 0 Å². The van der Waals surface area contributed by atoms with Crippen molar-refractivity contribution >= 4 is 0 Å². The van der Waals surface area contributed by atoms with Crippen LogP contribution in [0.5, 0.6) is 5.88 Å². The average Bonchev–Trinajstić information content (AvgIpc) is 3.34. The molecule has 2 aromatic heterocycles. The van der Waals surface area contributed by atoms with E-state index in [0.717, 1.165) is 30.6 Å². The van der Waals surface area contributed by atoms with E-state index in [1.54, 1.807) is 12.3 Å². The zero-order valence-corrected chi connectivity index (χ0v) is 21.4. The number of nitriles is 1. The number of nitrogens with zero attached hydrogens (tertiary/aromatic N) is 5.